The van der Waals surface area contributed by atoms with Crippen LogP contribution in [-0.4, -0.2) is 52.2 Å². The van der Waals surface area contributed by atoms with Crippen LogP contribution < -0.4 is 0 Å². The van der Waals surface area contributed by atoms with E-state index in [0.717, 1.165) is 11.3 Å². The summed E-state index contributed by atoms with van der Waals surface area (Å²) in [4.78, 5) is 29.6. The first-order valence-electron chi connectivity index (χ1n) is 7.34. The van der Waals surface area contributed by atoms with Gasteiger partial charge in [0, 0.05) is 12.1 Å². The summed E-state index contributed by atoms with van der Waals surface area (Å²) in [5.41, 5.74) is 0.334. The molecule has 3 rings (SSSR count). The summed E-state index contributed by atoms with van der Waals surface area (Å²) in [6, 6.07) is 6.21. The summed E-state index contributed by atoms with van der Waals surface area (Å²) in [7, 11) is 0. The highest BCUT2D eigenvalue weighted by Gasteiger charge is 2.33. The van der Waals surface area contributed by atoms with Crippen molar-refractivity contribution in [1.29, 1.82) is 0 Å². The summed E-state index contributed by atoms with van der Waals surface area (Å²) in [6.45, 7) is 1.99. The number of carbonyl (C=O) groups excluding carboxylic acids is 1. The monoisotopic (exact) mass is 350 g/mol. The van der Waals surface area contributed by atoms with Crippen molar-refractivity contribution in [2.24, 2.45) is 0 Å². The second-order valence-electron chi connectivity index (χ2n) is 5.49. The predicted octanol–water partition coefficient (Wildman–Crippen LogP) is 2.26. The van der Waals surface area contributed by atoms with Crippen molar-refractivity contribution in [1.82, 2.24) is 9.88 Å². The molecule has 0 aliphatic carbocycles. The Morgan fingerprint density at radius 3 is 2.83 bits per heavy atom. The van der Waals surface area contributed by atoms with E-state index in [1.165, 1.54) is 17.2 Å². The third-order valence-corrected chi connectivity index (χ3v) is 4.66. The number of nitrogens with zero attached hydrogens (tertiary/aromatic N) is 2. The van der Waals surface area contributed by atoms with Crippen molar-refractivity contribution < 1.29 is 23.8 Å². The SMILES string of the molecule is C[C@@H]1CN(C(=O)c2cnc(-c3ccccc3F)s2)CC(C(=O)O)O1. The average molecular weight is 350 g/mol. The van der Waals surface area contributed by atoms with Gasteiger partial charge in [0.05, 0.1) is 18.8 Å². The normalized spacial score (nSPS) is 20.8. The summed E-state index contributed by atoms with van der Waals surface area (Å²) in [5.74, 6) is -1.83. The first-order chi connectivity index (χ1) is 11.5. The molecule has 0 radical (unpaired) electrons. The molecule has 1 saturated heterocycles. The number of ether oxygens (including phenoxy) is 1. The minimum Gasteiger partial charge on any atom is -0.479 e. The Morgan fingerprint density at radius 2 is 2.12 bits per heavy atom. The van der Waals surface area contributed by atoms with Gasteiger partial charge in [0.2, 0.25) is 0 Å². The van der Waals surface area contributed by atoms with Gasteiger partial charge in [-0.25, -0.2) is 14.2 Å². The quantitative estimate of drug-likeness (QED) is 0.918. The fourth-order valence-corrected chi connectivity index (χ4v) is 3.45. The highest BCUT2D eigenvalue weighted by atomic mass is 32.1. The van der Waals surface area contributed by atoms with Gasteiger partial charge in [0.1, 0.15) is 15.7 Å². The zero-order valence-corrected chi connectivity index (χ0v) is 13.6. The molecule has 1 aliphatic heterocycles. The lowest BCUT2D eigenvalue weighted by Crippen LogP contribution is -2.51. The van der Waals surface area contributed by atoms with E-state index in [0.29, 0.717) is 22.0 Å². The van der Waals surface area contributed by atoms with Crippen LogP contribution in [0.5, 0.6) is 0 Å². The van der Waals surface area contributed by atoms with Crippen LogP contribution in [0.15, 0.2) is 30.5 Å². The number of halogens is 1. The first-order valence-corrected chi connectivity index (χ1v) is 8.15. The molecule has 24 heavy (non-hydrogen) atoms. The maximum atomic E-state index is 13.8. The summed E-state index contributed by atoms with van der Waals surface area (Å²) >= 11 is 1.08. The summed E-state index contributed by atoms with van der Waals surface area (Å²) < 4.78 is 19.1. The number of hydrogen-bond acceptors (Lipinski definition) is 5. The standard InChI is InChI=1S/C16H15FN2O4S/c1-9-7-19(8-12(23-9)16(21)22)15(20)13-6-18-14(24-13)10-4-2-3-5-11(10)17/h2-6,9,12H,7-8H2,1H3,(H,21,22)/t9-,12?/m1/s1. The van der Waals surface area contributed by atoms with Gasteiger partial charge in [-0.3, -0.25) is 4.79 Å². The third kappa shape index (κ3) is 3.29. The Hall–Kier alpha value is -2.32. The molecule has 1 unspecified atom stereocenters. The van der Waals surface area contributed by atoms with Crippen LogP contribution >= 0.6 is 11.3 Å². The van der Waals surface area contributed by atoms with Crippen LogP contribution in [0.4, 0.5) is 4.39 Å². The number of morpholine rings is 1. The number of aromatic nitrogens is 1. The topological polar surface area (TPSA) is 79.7 Å². The number of carboxylic acids is 1. The van der Waals surface area contributed by atoms with E-state index in [1.807, 2.05) is 0 Å². The van der Waals surface area contributed by atoms with Crippen molar-refractivity contribution in [3.8, 4) is 10.6 Å². The number of thiazole rings is 1. The Morgan fingerprint density at radius 1 is 1.38 bits per heavy atom. The molecule has 1 amide bonds. The smallest absolute Gasteiger partial charge is 0.334 e. The number of benzene rings is 1. The van der Waals surface area contributed by atoms with Gasteiger partial charge >= 0.3 is 5.97 Å². The average Bonchev–Trinajstić information content (AvgIpc) is 3.03. The van der Waals surface area contributed by atoms with Crippen molar-refractivity contribution in [2.75, 3.05) is 13.1 Å². The molecule has 1 aliphatic rings. The molecule has 6 nitrogen and oxygen atoms in total. The van der Waals surface area contributed by atoms with E-state index in [9.17, 15) is 14.0 Å². The predicted molar refractivity (Wildman–Crippen MR) is 85.4 cm³/mol. The van der Waals surface area contributed by atoms with Gasteiger partial charge in [-0.2, -0.15) is 0 Å². The molecular formula is C16H15FN2O4S. The fraction of sp³-hybridized carbons (Fsp3) is 0.312. The van der Waals surface area contributed by atoms with E-state index in [1.54, 1.807) is 25.1 Å². The van der Waals surface area contributed by atoms with Crippen molar-refractivity contribution >= 4 is 23.2 Å². The maximum Gasteiger partial charge on any atom is 0.334 e. The molecule has 126 valence electrons. The minimum atomic E-state index is -1.10. The summed E-state index contributed by atoms with van der Waals surface area (Å²) in [5, 5.41) is 9.50. The van der Waals surface area contributed by atoms with Gasteiger partial charge in [-0.15, -0.1) is 11.3 Å². The van der Waals surface area contributed by atoms with Gasteiger partial charge in [-0.1, -0.05) is 12.1 Å². The number of aliphatic carboxylic acids is 1. The van der Waals surface area contributed by atoms with Gasteiger partial charge < -0.3 is 14.7 Å². The minimum absolute atomic E-state index is 0.0224. The molecule has 2 atom stereocenters. The largest absolute Gasteiger partial charge is 0.479 e. The Bertz CT molecular complexity index is 779. The number of carbonyl (C=O) groups is 2. The van der Waals surface area contributed by atoms with E-state index in [4.69, 9.17) is 9.84 Å². The van der Waals surface area contributed by atoms with E-state index in [-0.39, 0.29) is 18.6 Å². The fourth-order valence-electron chi connectivity index (χ4n) is 2.54. The maximum absolute atomic E-state index is 13.8. The second-order valence-corrected chi connectivity index (χ2v) is 6.52. The van der Waals surface area contributed by atoms with Gasteiger partial charge in [-0.05, 0) is 19.1 Å². The van der Waals surface area contributed by atoms with Crippen molar-refractivity contribution in [3.05, 3.63) is 41.2 Å². The van der Waals surface area contributed by atoms with Crippen LogP contribution in [0.2, 0.25) is 0 Å². The Kier molecular flexibility index (Phi) is 4.59. The molecule has 1 aromatic carbocycles. The molecule has 2 aromatic rings. The molecule has 1 aromatic heterocycles. The van der Waals surface area contributed by atoms with Gasteiger partial charge in [0.15, 0.2) is 6.10 Å². The van der Waals surface area contributed by atoms with Crippen LogP contribution in [0.3, 0.4) is 0 Å². The molecule has 1 fully saturated rings. The van der Waals surface area contributed by atoms with E-state index in [2.05, 4.69) is 4.98 Å². The van der Waals surface area contributed by atoms with Crippen LogP contribution in [-0.2, 0) is 9.53 Å². The Labute approximate surface area is 141 Å². The first kappa shape index (κ1) is 16.5. The lowest BCUT2D eigenvalue weighted by atomic mass is 10.2. The zero-order valence-electron chi connectivity index (χ0n) is 12.8. The van der Waals surface area contributed by atoms with Crippen LogP contribution in [0, 0.1) is 5.82 Å². The number of hydrogen-bond donors (Lipinski definition) is 1. The molecule has 0 bridgehead atoms. The van der Waals surface area contributed by atoms with Gasteiger partial charge in [0.25, 0.3) is 5.91 Å². The lowest BCUT2D eigenvalue weighted by Gasteiger charge is -2.34. The Balaban J connectivity index is 1.81. The molecule has 2 heterocycles. The van der Waals surface area contributed by atoms with E-state index < -0.39 is 17.9 Å². The molecule has 0 spiro atoms. The van der Waals surface area contributed by atoms with E-state index >= 15 is 0 Å². The number of amides is 1. The molecular weight excluding hydrogens is 335 g/mol. The number of carboxylic acid groups (broad SMARTS) is 1. The zero-order chi connectivity index (χ0) is 17.3. The highest BCUT2D eigenvalue weighted by Crippen LogP contribution is 2.28. The van der Waals surface area contributed by atoms with Crippen LogP contribution in [0.25, 0.3) is 10.6 Å². The molecule has 8 heteroatoms. The lowest BCUT2D eigenvalue weighted by molar-refractivity contribution is -0.160. The third-order valence-electron chi connectivity index (χ3n) is 3.64. The summed E-state index contributed by atoms with van der Waals surface area (Å²) in [6.07, 6.45) is -0.0237. The second kappa shape index (κ2) is 6.66. The van der Waals surface area contributed by atoms with Crippen molar-refractivity contribution in [2.45, 2.75) is 19.1 Å². The van der Waals surface area contributed by atoms with Crippen LogP contribution in [0.1, 0.15) is 16.6 Å². The highest BCUT2D eigenvalue weighted by molar-refractivity contribution is 7.16. The van der Waals surface area contributed by atoms with Crippen molar-refractivity contribution in [3.63, 3.8) is 0 Å². The molecule has 0 saturated carbocycles. The number of rotatable bonds is 3. The molecule has 1 N–H and O–H groups in total.